The molecule has 1 amide bonds. The van der Waals surface area contributed by atoms with Gasteiger partial charge < -0.3 is 15.4 Å². The number of hydrogen-bond donors (Lipinski definition) is 2. The van der Waals surface area contributed by atoms with Gasteiger partial charge in [0.15, 0.2) is 0 Å². The summed E-state index contributed by atoms with van der Waals surface area (Å²) in [5.74, 6) is -2.28. The Morgan fingerprint density at radius 3 is 2.44 bits per heavy atom. The highest BCUT2D eigenvalue weighted by Crippen LogP contribution is 2.40. The standard InChI is InChI=1S/C26H31BrF2N2O3/c1-25(2,3)34-24(33)15-8-9-20(21(12-15)30-22-7-6-10-26(22,4)5)31-23(32)13-16-11-19(29)17(27)14-18(16)28/h8-9,11-12,14,22,30H,6-7,10,13H2,1-5H3,(H,31,32)/t22-/m1/s1. The number of ether oxygens (including phenoxy) is 1. The van der Waals surface area contributed by atoms with Crippen molar-refractivity contribution in [3.05, 3.63) is 57.6 Å². The van der Waals surface area contributed by atoms with E-state index in [0.29, 0.717) is 16.9 Å². The number of amides is 1. The number of halogens is 3. The summed E-state index contributed by atoms with van der Waals surface area (Å²) in [7, 11) is 0. The van der Waals surface area contributed by atoms with E-state index in [1.54, 1.807) is 39.0 Å². The maximum atomic E-state index is 14.2. The van der Waals surface area contributed by atoms with Crippen LogP contribution in [-0.4, -0.2) is 23.5 Å². The minimum atomic E-state index is -0.672. The number of nitrogens with one attached hydrogen (secondary N) is 2. The zero-order chi connectivity index (χ0) is 25.3. The molecular formula is C26H31BrF2N2O3. The van der Waals surface area contributed by atoms with Crippen molar-refractivity contribution in [3.63, 3.8) is 0 Å². The third-order valence-electron chi connectivity index (χ3n) is 5.96. The molecule has 1 fully saturated rings. The Balaban J connectivity index is 1.86. The van der Waals surface area contributed by atoms with Gasteiger partial charge in [0.25, 0.3) is 0 Å². The highest BCUT2D eigenvalue weighted by Gasteiger charge is 2.35. The minimum absolute atomic E-state index is 0.00226. The van der Waals surface area contributed by atoms with Gasteiger partial charge in [0.1, 0.15) is 17.2 Å². The molecule has 34 heavy (non-hydrogen) atoms. The second-order valence-corrected chi connectivity index (χ2v) is 11.3. The molecular weight excluding hydrogens is 506 g/mol. The molecule has 2 aromatic carbocycles. The molecule has 3 rings (SSSR count). The number of hydrogen-bond acceptors (Lipinski definition) is 4. The molecule has 0 aliphatic heterocycles. The highest BCUT2D eigenvalue weighted by molar-refractivity contribution is 9.10. The zero-order valence-electron chi connectivity index (χ0n) is 20.2. The van der Waals surface area contributed by atoms with E-state index in [-0.39, 0.29) is 27.9 Å². The molecule has 1 atom stereocenters. The van der Waals surface area contributed by atoms with Crippen molar-refractivity contribution in [2.45, 2.75) is 71.9 Å². The molecule has 2 N–H and O–H groups in total. The van der Waals surface area contributed by atoms with Crippen LogP contribution in [0.3, 0.4) is 0 Å². The van der Waals surface area contributed by atoms with Gasteiger partial charge in [-0.05, 0) is 85.3 Å². The lowest BCUT2D eigenvalue weighted by atomic mass is 9.87. The summed E-state index contributed by atoms with van der Waals surface area (Å²) in [4.78, 5) is 25.4. The van der Waals surface area contributed by atoms with E-state index < -0.39 is 29.1 Å². The molecule has 184 valence electrons. The van der Waals surface area contributed by atoms with E-state index in [0.717, 1.165) is 31.4 Å². The van der Waals surface area contributed by atoms with Crippen LogP contribution in [0.4, 0.5) is 20.2 Å². The predicted molar refractivity (Wildman–Crippen MR) is 133 cm³/mol. The van der Waals surface area contributed by atoms with Gasteiger partial charge in [0.05, 0.1) is 27.8 Å². The molecule has 0 unspecified atom stereocenters. The van der Waals surface area contributed by atoms with E-state index in [2.05, 4.69) is 40.4 Å². The summed E-state index contributed by atoms with van der Waals surface area (Å²) in [6.07, 6.45) is 2.76. The normalized spacial score (nSPS) is 17.4. The van der Waals surface area contributed by atoms with Gasteiger partial charge >= 0.3 is 5.97 Å². The summed E-state index contributed by atoms with van der Waals surface area (Å²) < 4.78 is 33.5. The molecule has 2 aromatic rings. The molecule has 1 aliphatic rings. The maximum absolute atomic E-state index is 14.2. The second kappa shape index (κ2) is 10.0. The zero-order valence-corrected chi connectivity index (χ0v) is 21.7. The van der Waals surface area contributed by atoms with Crippen molar-refractivity contribution in [2.24, 2.45) is 5.41 Å². The van der Waals surface area contributed by atoms with E-state index in [4.69, 9.17) is 4.74 Å². The SMILES string of the molecule is CC(C)(C)OC(=O)c1ccc(NC(=O)Cc2cc(F)c(Br)cc2F)c(N[C@@H]2CCCC2(C)C)c1. The van der Waals surface area contributed by atoms with Crippen LogP contribution in [0.5, 0.6) is 0 Å². The number of esters is 1. The van der Waals surface area contributed by atoms with Gasteiger partial charge in [-0.2, -0.15) is 0 Å². The van der Waals surface area contributed by atoms with Gasteiger partial charge in [-0.15, -0.1) is 0 Å². The summed E-state index contributed by atoms with van der Waals surface area (Å²) in [5, 5.41) is 6.27. The van der Waals surface area contributed by atoms with E-state index >= 15 is 0 Å². The largest absolute Gasteiger partial charge is 0.456 e. The molecule has 0 spiro atoms. The first-order valence-electron chi connectivity index (χ1n) is 11.3. The topological polar surface area (TPSA) is 67.4 Å². The molecule has 8 heteroatoms. The first kappa shape index (κ1) is 26.1. The van der Waals surface area contributed by atoms with E-state index in [9.17, 15) is 18.4 Å². The van der Waals surface area contributed by atoms with Gasteiger partial charge in [0.2, 0.25) is 5.91 Å². The Morgan fingerprint density at radius 1 is 1.12 bits per heavy atom. The summed E-state index contributed by atoms with van der Waals surface area (Å²) in [5.41, 5.74) is 0.746. The number of rotatable bonds is 6. The average Bonchev–Trinajstić information content (AvgIpc) is 3.04. The van der Waals surface area contributed by atoms with E-state index in [1.807, 2.05) is 0 Å². The summed E-state index contributed by atoms with van der Waals surface area (Å²) >= 11 is 2.94. The lowest BCUT2D eigenvalue weighted by molar-refractivity contribution is -0.115. The van der Waals surface area contributed by atoms with Crippen LogP contribution in [0, 0.1) is 17.0 Å². The molecule has 0 aromatic heterocycles. The molecule has 5 nitrogen and oxygen atoms in total. The van der Waals surface area contributed by atoms with Crippen LogP contribution in [-0.2, 0) is 16.0 Å². The van der Waals surface area contributed by atoms with Crippen molar-refractivity contribution in [3.8, 4) is 0 Å². The number of benzene rings is 2. The Kier molecular flexibility index (Phi) is 7.70. The third-order valence-corrected chi connectivity index (χ3v) is 6.56. The van der Waals surface area contributed by atoms with Crippen molar-refractivity contribution in [1.82, 2.24) is 0 Å². The van der Waals surface area contributed by atoms with Crippen molar-refractivity contribution in [1.29, 1.82) is 0 Å². The van der Waals surface area contributed by atoms with Gasteiger partial charge in [-0.25, -0.2) is 13.6 Å². The highest BCUT2D eigenvalue weighted by atomic mass is 79.9. The first-order valence-corrected chi connectivity index (χ1v) is 12.1. The molecule has 0 radical (unpaired) electrons. The number of anilines is 2. The number of carbonyl (C=O) groups excluding carboxylic acids is 2. The average molecular weight is 537 g/mol. The lowest BCUT2D eigenvalue weighted by Gasteiger charge is -2.30. The van der Waals surface area contributed by atoms with Crippen LogP contribution in [0.2, 0.25) is 0 Å². The summed E-state index contributed by atoms with van der Waals surface area (Å²) in [6, 6.07) is 7.02. The molecule has 0 heterocycles. The van der Waals surface area contributed by atoms with Crippen molar-refractivity contribution >= 4 is 39.2 Å². The van der Waals surface area contributed by atoms with Crippen LogP contribution in [0.1, 0.15) is 69.8 Å². The fourth-order valence-electron chi connectivity index (χ4n) is 4.09. The van der Waals surface area contributed by atoms with Crippen molar-refractivity contribution < 1.29 is 23.1 Å². The van der Waals surface area contributed by atoms with E-state index in [1.165, 1.54) is 0 Å². The van der Waals surface area contributed by atoms with Gasteiger partial charge in [-0.3, -0.25) is 4.79 Å². The molecule has 0 saturated heterocycles. The number of carbonyl (C=O) groups is 2. The summed E-state index contributed by atoms with van der Waals surface area (Å²) in [6.45, 7) is 9.74. The molecule has 1 aliphatic carbocycles. The van der Waals surface area contributed by atoms with Crippen molar-refractivity contribution in [2.75, 3.05) is 10.6 Å². The Bertz CT molecular complexity index is 1100. The maximum Gasteiger partial charge on any atom is 0.338 e. The first-order chi connectivity index (χ1) is 15.7. The fourth-order valence-corrected chi connectivity index (χ4v) is 4.40. The Labute approximate surface area is 207 Å². The monoisotopic (exact) mass is 536 g/mol. The van der Waals surface area contributed by atoms with Crippen LogP contribution < -0.4 is 10.6 Å². The quantitative estimate of drug-likeness (QED) is 0.312. The van der Waals surface area contributed by atoms with Crippen LogP contribution in [0.15, 0.2) is 34.8 Å². The van der Waals surface area contributed by atoms with Crippen LogP contribution in [0.25, 0.3) is 0 Å². The minimum Gasteiger partial charge on any atom is -0.456 e. The molecule has 0 bridgehead atoms. The fraction of sp³-hybridized carbons (Fsp3) is 0.462. The second-order valence-electron chi connectivity index (χ2n) is 10.4. The predicted octanol–water partition coefficient (Wildman–Crippen LogP) is 6.85. The smallest absolute Gasteiger partial charge is 0.338 e. The van der Waals surface area contributed by atoms with Gasteiger partial charge in [0, 0.05) is 11.6 Å². The molecule has 1 saturated carbocycles. The third kappa shape index (κ3) is 6.56. The Hall–Kier alpha value is -2.48. The van der Waals surface area contributed by atoms with Gasteiger partial charge in [-0.1, -0.05) is 20.3 Å². The lowest BCUT2D eigenvalue weighted by Crippen LogP contribution is -2.31. The van der Waals surface area contributed by atoms with Crippen LogP contribution >= 0.6 is 15.9 Å². The Morgan fingerprint density at radius 2 is 1.82 bits per heavy atom.